The van der Waals surface area contributed by atoms with E-state index in [0.29, 0.717) is 11.6 Å². The number of amides is 1. The van der Waals surface area contributed by atoms with Gasteiger partial charge in [0.15, 0.2) is 0 Å². The van der Waals surface area contributed by atoms with Crippen LogP contribution in [0.25, 0.3) is 0 Å². The van der Waals surface area contributed by atoms with E-state index in [2.05, 4.69) is 22.1 Å². The summed E-state index contributed by atoms with van der Waals surface area (Å²) >= 11 is 0. The molecule has 1 aliphatic rings. The number of likely N-dealkylation sites (N-methyl/N-ethyl adjacent to an activating group) is 2. The van der Waals surface area contributed by atoms with E-state index in [1.165, 1.54) is 0 Å². The zero-order valence-corrected chi connectivity index (χ0v) is 10.7. The summed E-state index contributed by atoms with van der Waals surface area (Å²) < 4.78 is 0. The van der Waals surface area contributed by atoms with Crippen LogP contribution in [0.5, 0.6) is 0 Å². The molecule has 1 atom stereocenters. The summed E-state index contributed by atoms with van der Waals surface area (Å²) in [4.78, 5) is 16.4. The molecule has 94 valence electrons. The number of hydrogen-bond acceptors (Lipinski definition) is 3. The summed E-state index contributed by atoms with van der Waals surface area (Å²) in [5.41, 5.74) is 1.52. The van der Waals surface area contributed by atoms with E-state index < -0.39 is 0 Å². The molecule has 1 aromatic rings. The van der Waals surface area contributed by atoms with Crippen LogP contribution >= 0.6 is 0 Å². The molecule has 17 heavy (non-hydrogen) atoms. The molecule has 0 bridgehead atoms. The highest BCUT2D eigenvalue weighted by Crippen LogP contribution is 2.16. The molecule has 1 fully saturated rings. The van der Waals surface area contributed by atoms with Crippen LogP contribution in [0.1, 0.15) is 28.9 Å². The van der Waals surface area contributed by atoms with E-state index in [-0.39, 0.29) is 5.91 Å². The van der Waals surface area contributed by atoms with Crippen molar-refractivity contribution in [3.63, 3.8) is 0 Å². The Morgan fingerprint density at radius 1 is 1.65 bits per heavy atom. The van der Waals surface area contributed by atoms with E-state index in [4.69, 9.17) is 0 Å². The molecule has 5 nitrogen and oxygen atoms in total. The minimum absolute atomic E-state index is 0.0663. The number of carbonyl (C=O) groups excluding carboxylic acids is 1. The SMILES string of the molecule is Cc1[nH]ncc1C(=O)N(C)C1CCCN(C)C1. The lowest BCUT2D eigenvalue weighted by Crippen LogP contribution is -2.47. The number of likely N-dealkylation sites (tertiary alicyclic amines) is 1. The van der Waals surface area contributed by atoms with Gasteiger partial charge >= 0.3 is 0 Å². The van der Waals surface area contributed by atoms with E-state index in [9.17, 15) is 4.79 Å². The number of H-pyrrole nitrogens is 1. The largest absolute Gasteiger partial charge is 0.337 e. The normalized spacial score (nSPS) is 21.5. The maximum absolute atomic E-state index is 12.3. The van der Waals surface area contributed by atoms with Crippen molar-refractivity contribution in [2.24, 2.45) is 0 Å². The number of nitrogens with one attached hydrogen (secondary N) is 1. The molecular formula is C12H20N4O. The van der Waals surface area contributed by atoms with Gasteiger partial charge in [0.05, 0.1) is 11.8 Å². The number of piperidine rings is 1. The molecule has 0 aliphatic carbocycles. The predicted octanol–water partition coefficient (Wildman–Crippen LogP) is 0.884. The third kappa shape index (κ3) is 2.49. The summed E-state index contributed by atoms with van der Waals surface area (Å²) in [5.74, 6) is 0.0663. The van der Waals surface area contributed by atoms with Crippen LogP contribution < -0.4 is 0 Å². The van der Waals surface area contributed by atoms with Crippen LogP contribution in [0.15, 0.2) is 6.20 Å². The molecule has 0 spiro atoms. The summed E-state index contributed by atoms with van der Waals surface area (Å²) in [6.45, 7) is 3.96. The molecule has 1 unspecified atom stereocenters. The van der Waals surface area contributed by atoms with Crippen LogP contribution in [-0.4, -0.2) is 59.1 Å². The van der Waals surface area contributed by atoms with Crippen molar-refractivity contribution >= 4 is 5.91 Å². The lowest BCUT2D eigenvalue weighted by Gasteiger charge is -2.35. The molecule has 0 aromatic carbocycles. The Kier molecular flexibility index (Phi) is 3.47. The molecule has 5 heteroatoms. The number of hydrogen-bond donors (Lipinski definition) is 1. The first-order valence-corrected chi connectivity index (χ1v) is 6.05. The van der Waals surface area contributed by atoms with E-state index in [1.54, 1.807) is 6.20 Å². The van der Waals surface area contributed by atoms with Gasteiger partial charge in [0.25, 0.3) is 5.91 Å². The lowest BCUT2D eigenvalue weighted by molar-refractivity contribution is 0.0643. The number of rotatable bonds is 2. The van der Waals surface area contributed by atoms with Crippen LogP contribution in [0.2, 0.25) is 0 Å². The fraction of sp³-hybridized carbons (Fsp3) is 0.667. The zero-order valence-electron chi connectivity index (χ0n) is 10.7. The van der Waals surface area contributed by atoms with Gasteiger partial charge in [0.1, 0.15) is 0 Å². The average Bonchev–Trinajstić information content (AvgIpc) is 2.73. The maximum atomic E-state index is 12.3. The highest BCUT2D eigenvalue weighted by atomic mass is 16.2. The van der Waals surface area contributed by atoms with E-state index >= 15 is 0 Å². The molecule has 0 saturated carbocycles. The maximum Gasteiger partial charge on any atom is 0.257 e. The molecule has 1 saturated heterocycles. The smallest absolute Gasteiger partial charge is 0.257 e. The summed E-state index contributed by atoms with van der Waals surface area (Å²) in [5, 5.41) is 6.71. The second-order valence-electron chi connectivity index (χ2n) is 4.88. The molecule has 2 rings (SSSR count). The lowest BCUT2D eigenvalue weighted by atomic mass is 10.0. The molecule has 1 N–H and O–H groups in total. The van der Waals surface area contributed by atoms with E-state index in [1.807, 2.05) is 18.9 Å². The minimum atomic E-state index is 0.0663. The van der Waals surface area contributed by atoms with Crippen molar-refractivity contribution < 1.29 is 4.79 Å². The van der Waals surface area contributed by atoms with Crippen LogP contribution in [0.3, 0.4) is 0 Å². The molecule has 1 aliphatic heterocycles. The van der Waals surface area contributed by atoms with Gasteiger partial charge in [-0.25, -0.2) is 0 Å². The first-order chi connectivity index (χ1) is 8.09. The van der Waals surface area contributed by atoms with Crippen molar-refractivity contribution in [1.29, 1.82) is 0 Å². The first kappa shape index (κ1) is 12.1. The van der Waals surface area contributed by atoms with Crippen LogP contribution in [0, 0.1) is 6.92 Å². The Balaban J connectivity index is 2.07. The van der Waals surface area contributed by atoms with Crippen molar-refractivity contribution in [3.8, 4) is 0 Å². The Morgan fingerprint density at radius 2 is 2.41 bits per heavy atom. The average molecular weight is 236 g/mol. The highest BCUT2D eigenvalue weighted by Gasteiger charge is 2.26. The van der Waals surface area contributed by atoms with Crippen molar-refractivity contribution in [2.75, 3.05) is 27.2 Å². The number of carbonyl (C=O) groups is 1. The third-order valence-electron chi connectivity index (χ3n) is 3.53. The second kappa shape index (κ2) is 4.87. The fourth-order valence-electron chi connectivity index (χ4n) is 2.38. The Labute approximate surface area is 102 Å². The number of aromatic amines is 1. The Morgan fingerprint density at radius 3 is 3.00 bits per heavy atom. The van der Waals surface area contributed by atoms with Crippen molar-refractivity contribution in [3.05, 3.63) is 17.5 Å². The first-order valence-electron chi connectivity index (χ1n) is 6.05. The molecule has 2 heterocycles. The fourth-order valence-corrected chi connectivity index (χ4v) is 2.38. The van der Waals surface area contributed by atoms with Gasteiger partial charge in [0, 0.05) is 25.3 Å². The van der Waals surface area contributed by atoms with Gasteiger partial charge in [-0.2, -0.15) is 5.10 Å². The molecular weight excluding hydrogens is 216 g/mol. The standard InChI is InChI=1S/C12H20N4O/c1-9-11(7-13-14-9)12(17)16(3)10-5-4-6-15(2)8-10/h7,10H,4-6,8H2,1-3H3,(H,13,14). The Bertz CT molecular complexity index is 401. The summed E-state index contributed by atoms with van der Waals surface area (Å²) in [6.07, 6.45) is 3.85. The highest BCUT2D eigenvalue weighted by molar-refractivity contribution is 5.95. The zero-order chi connectivity index (χ0) is 12.4. The van der Waals surface area contributed by atoms with E-state index in [0.717, 1.165) is 31.6 Å². The minimum Gasteiger partial charge on any atom is -0.337 e. The molecule has 1 aromatic heterocycles. The molecule has 1 amide bonds. The van der Waals surface area contributed by atoms with Crippen LogP contribution in [0.4, 0.5) is 0 Å². The number of nitrogens with zero attached hydrogens (tertiary/aromatic N) is 3. The van der Waals surface area contributed by atoms with Gasteiger partial charge in [-0.3, -0.25) is 9.89 Å². The summed E-state index contributed by atoms with van der Waals surface area (Å²) in [7, 11) is 3.99. The third-order valence-corrected chi connectivity index (χ3v) is 3.53. The van der Waals surface area contributed by atoms with Gasteiger partial charge in [-0.1, -0.05) is 0 Å². The predicted molar refractivity (Wildman–Crippen MR) is 65.9 cm³/mol. The number of aromatic nitrogens is 2. The Hall–Kier alpha value is -1.36. The van der Waals surface area contributed by atoms with Crippen molar-refractivity contribution in [1.82, 2.24) is 20.0 Å². The monoisotopic (exact) mass is 236 g/mol. The van der Waals surface area contributed by atoms with Gasteiger partial charge in [-0.15, -0.1) is 0 Å². The van der Waals surface area contributed by atoms with Crippen molar-refractivity contribution in [2.45, 2.75) is 25.8 Å². The second-order valence-corrected chi connectivity index (χ2v) is 4.88. The quantitative estimate of drug-likeness (QED) is 0.829. The van der Waals surface area contributed by atoms with Crippen LogP contribution in [-0.2, 0) is 0 Å². The van der Waals surface area contributed by atoms with Gasteiger partial charge < -0.3 is 9.80 Å². The number of aryl methyl sites for hydroxylation is 1. The van der Waals surface area contributed by atoms with Gasteiger partial charge in [0.2, 0.25) is 0 Å². The van der Waals surface area contributed by atoms with Gasteiger partial charge in [-0.05, 0) is 33.4 Å². The molecule has 0 radical (unpaired) electrons. The summed E-state index contributed by atoms with van der Waals surface area (Å²) in [6, 6.07) is 0.315. The topological polar surface area (TPSA) is 52.2 Å².